The summed E-state index contributed by atoms with van der Waals surface area (Å²) in [6.45, 7) is 3.35. The van der Waals surface area contributed by atoms with E-state index in [4.69, 9.17) is 27.9 Å². The highest BCUT2D eigenvalue weighted by atomic mass is 35.5. The van der Waals surface area contributed by atoms with Crippen LogP contribution in [0.3, 0.4) is 0 Å². The Labute approximate surface area is 240 Å². The minimum absolute atomic E-state index is 0.000791. The molecule has 1 aliphatic carbocycles. The van der Waals surface area contributed by atoms with Crippen LogP contribution in [0, 0.1) is 0 Å². The van der Waals surface area contributed by atoms with Gasteiger partial charge in [-0.1, -0.05) is 60.7 Å². The van der Waals surface area contributed by atoms with E-state index >= 15 is 0 Å². The normalized spacial score (nSPS) is 15.4. The van der Waals surface area contributed by atoms with Crippen molar-refractivity contribution < 1.29 is 19.4 Å². The van der Waals surface area contributed by atoms with Gasteiger partial charge in [-0.25, -0.2) is 0 Å². The zero-order valence-corrected chi connectivity index (χ0v) is 23.8. The predicted octanol–water partition coefficient (Wildman–Crippen LogP) is 4.55. The summed E-state index contributed by atoms with van der Waals surface area (Å²) in [5.74, 6) is 0.440. The minimum Gasteiger partial charge on any atom is -0.506 e. The second-order valence-corrected chi connectivity index (χ2v) is 10.9. The van der Waals surface area contributed by atoms with Crippen LogP contribution in [0.25, 0.3) is 0 Å². The molecule has 0 radical (unpaired) electrons. The van der Waals surface area contributed by atoms with Gasteiger partial charge in [-0.05, 0) is 62.0 Å². The molecule has 10 heteroatoms. The quantitative estimate of drug-likeness (QED) is 0.206. The Balaban J connectivity index is 1.22. The molecule has 0 atom stereocenters. The first-order valence-electron chi connectivity index (χ1n) is 13.9. The molecule has 4 N–H and O–H groups in total. The van der Waals surface area contributed by atoms with Crippen LogP contribution in [0.2, 0.25) is 10.0 Å². The molecule has 2 aliphatic rings. The van der Waals surface area contributed by atoms with Crippen molar-refractivity contribution in [2.75, 3.05) is 44.6 Å². The zero-order valence-electron chi connectivity index (χ0n) is 22.2. The number of ether oxygens (including phenoxy) is 1. The molecular formula is C29H38Cl2N4O4. The van der Waals surface area contributed by atoms with Crippen LogP contribution in [0.5, 0.6) is 11.5 Å². The molecule has 1 heterocycles. The Morgan fingerprint density at radius 2 is 1.74 bits per heavy atom. The van der Waals surface area contributed by atoms with Gasteiger partial charge in [-0.3, -0.25) is 9.59 Å². The third-order valence-corrected chi connectivity index (χ3v) is 8.24. The number of aromatic hydroxyl groups is 1. The van der Waals surface area contributed by atoms with E-state index in [0.29, 0.717) is 66.5 Å². The number of anilines is 1. The van der Waals surface area contributed by atoms with E-state index in [0.717, 1.165) is 36.9 Å². The van der Waals surface area contributed by atoms with Crippen molar-refractivity contribution in [2.45, 2.75) is 57.4 Å². The summed E-state index contributed by atoms with van der Waals surface area (Å²) < 4.78 is 5.57. The number of carbonyl (C=O) groups excluding carboxylic acids is 2. The molecule has 1 saturated carbocycles. The molecule has 212 valence electrons. The maximum absolute atomic E-state index is 13.2. The maximum Gasteiger partial charge on any atom is 0.262 e. The highest BCUT2D eigenvalue weighted by molar-refractivity contribution is 6.42. The average Bonchev–Trinajstić information content (AvgIpc) is 2.94. The number of nitrogens with one attached hydrogen (secondary N) is 3. The van der Waals surface area contributed by atoms with Crippen LogP contribution in [-0.4, -0.2) is 67.2 Å². The number of amides is 2. The molecule has 39 heavy (non-hydrogen) atoms. The van der Waals surface area contributed by atoms with Crippen molar-refractivity contribution in [3.05, 3.63) is 51.5 Å². The first-order chi connectivity index (χ1) is 18.9. The summed E-state index contributed by atoms with van der Waals surface area (Å²) >= 11 is 12.4. The minimum atomic E-state index is -0.277. The summed E-state index contributed by atoms with van der Waals surface area (Å²) in [5.41, 5.74) is 2.25. The van der Waals surface area contributed by atoms with Crippen LogP contribution in [-0.2, 0) is 22.4 Å². The number of halogens is 2. The molecule has 0 unspecified atom stereocenters. The molecule has 2 aromatic rings. The van der Waals surface area contributed by atoms with Gasteiger partial charge in [0.25, 0.3) is 5.91 Å². The lowest BCUT2D eigenvalue weighted by Crippen LogP contribution is -2.45. The Hall–Kier alpha value is -2.52. The van der Waals surface area contributed by atoms with Crippen LogP contribution >= 0.6 is 23.2 Å². The molecule has 1 aliphatic heterocycles. The zero-order chi connectivity index (χ0) is 27.6. The molecule has 0 spiro atoms. The average molecular weight is 578 g/mol. The monoisotopic (exact) mass is 576 g/mol. The Morgan fingerprint density at radius 1 is 1.00 bits per heavy atom. The Morgan fingerprint density at radius 3 is 2.54 bits per heavy atom. The first-order valence-corrected chi connectivity index (χ1v) is 14.6. The summed E-state index contributed by atoms with van der Waals surface area (Å²) in [7, 11) is 0. The molecular weight excluding hydrogens is 539 g/mol. The van der Waals surface area contributed by atoms with Crippen LogP contribution in [0.4, 0.5) is 5.69 Å². The summed E-state index contributed by atoms with van der Waals surface area (Å²) in [6, 6.07) is 9.35. The number of carbonyl (C=O) groups is 2. The number of hydrogen-bond donors (Lipinski definition) is 4. The third-order valence-electron chi connectivity index (χ3n) is 7.38. The summed E-state index contributed by atoms with van der Waals surface area (Å²) in [4.78, 5) is 26.9. The summed E-state index contributed by atoms with van der Waals surface area (Å²) in [5, 5.41) is 20.7. The van der Waals surface area contributed by atoms with E-state index in [-0.39, 0.29) is 24.2 Å². The van der Waals surface area contributed by atoms with Gasteiger partial charge < -0.3 is 30.7 Å². The fourth-order valence-corrected chi connectivity index (χ4v) is 5.71. The van der Waals surface area contributed by atoms with E-state index in [1.807, 2.05) is 18.2 Å². The van der Waals surface area contributed by atoms with Gasteiger partial charge in [0.05, 0.1) is 10.0 Å². The Kier molecular flexibility index (Phi) is 11.1. The third kappa shape index (κ3) is 8.24. The summed E-state index contributed by atoms with van der Waals surface area (Å²) in [6.07, 6.45) is 7.60. The number of fused-ring (bicyclic) bond motifs is 1. The van der Waals surface area contributed by atoms with Crippen molar-refractivity contribution in [1.82, 2.24) is 15.5 Å². The van der Waals surface area contributed by atoms with E-state index < -0.39 is 0 Å². The van der Waals surface area contributed by atoms with Crippen LogP contribution in [0.15, 0.2) is 30.3 Å². The lowest BCUT2D eigenvalue weighted by molar-refractivity contribution is -0.134. The van der Waals surface area contributed by atoms with E-state index in [2.05, 4.69) is 20.9 Å². The van der Waals surface area contributed by atoms with Gasteiger partial charge in [0.1, 0.15) is 11.4 Å². The van der Waals surface area contributed by atoms with Gasteiger partial charge in [-0.2, -0.15) is 0 Å². The number of rotatable bonds is 13. The molecule has 4 rings (SSSR count). The van der Waals surface area contributed by atoms with Gasteiger partial charge in [-0.15, -0.1) is 0 Å². The highest BCUT2D eigenvalue weighted by Gasteiger charge is 2.25. The van der Waals surface area contributed by atoms with E-state index in [1.54, 1.807) is 12.1 Å². The number of nitrogens with zero attached hydrogens (tertiary/aromatic N) is 1. The maximum atomic E-state index is 13.2. The lowest BCUT2D eigenvalue weighted by Gasteiger charge is -2.34. The first kappa shape index (κ1) is 29.5. The smallest absolute Gasteiger partial charge is 0.262 e. The van der Waals surface area contributed by atoms with Gasteiger partial charge in [0, 0.05) is 32.1 Å². The van der Waals surface area contributed by atoms with E-state index in [9.17, 15) is 14.7 Å². The van der Waals surface area contributed by atoms with Gasteiger partial charge in [0.15, 0.2) is 12.4 Å². The number of benzene rings is 2. The topological polar surface area (TPSA) is 103 Å². The highest BCUT2D eigenvalue weighted by Crippen LogP contribution is 2.39. The second kappa shape index (κ2) is 14.7. The molecule has 0 saturated heterocycles. The molecule has 2 aromatic carbocycles. The largest absolute Gasteiger partial charge is 0.506 e. The fourth-order valence-electron chi connectivity index (χ4n) is 5.29. The predicted molar refractivity (Wildman–Crippen MR) is 155 cm³/mol. The van der Waals surface area contributed by atoms with Gasteiger partial charge in [0.2, 0.25) is 5.91 Å². The van der Waals surface area contributed by atoms with Crippen molar-refractivity contribution in [3.63, 3.8) is 0 Å². The van der Waals surface area contributed by atoms with Crippen molar-refractivity contribution >= 4 is 40.7 Å². The second-order valence-electron chi connectivity index (χ2n) is 10.1. The van der Waals surface area contributed by atoms with Crippen molar-refractivity contribution in [3.8, 4) is 11.5 Å². The van der Waals surface area contributed by atoms with E-state index in [1.165, 1.54) is 19.3 Å². The van der Waals surface area contributed by atoms with Crippen LogP contribution < -0.4 is 20.7 Å². The lowest BCUT2D eigenvalue weighted by atomic mass is 9.94. The molecule has 2 amide bonds. The molecule has 0 bridgehead atoms. The SMILES string of the molecule is O=C1COc2c(CCNCCN(C(=O)CCNCCc3cccc(Cl)c3Cl)C3CCCCC3)ccc(O)c2N1. The standard InChI is InChI=1S/C29H38Cl2N4O4/c30-23-8-4-5-20(27(23)31)11-14-32-16-13-26(38)35(22-6-2-1-3-7-22)18-17-33-15-12-21-9-10-24(36)28-29(21)39-19-25(37)34-28/h4-5,8-10,22,32-33,36H,1-3,6-7,11-19H2,(H,34,37). The number of hydrogen-bond acceptors (Lipinski definition) is 6. The molecule has 8 nitrogen and oxygen atoms in total. The Bertz CT molecular complexity index is 1140. The van der Waals surface area contributed by atoms with Crippen molar-refractivity contribution in [2.24, 2.45) is 0 Å². The number of phenols is 1. The van der Waals surface area contributed by atoms with Crippen LogP contribution in [0.1, 0.15) is 49.7 Å². The molecule has 0 aromatic heterocycles. The molecule has 1 fully saturated rings. The van der Waals surface area contributed by atoms with Crippen molar-refractivity contribution in [1.29, 1.82) is 0 Å². The fraction of sp³-hybridized carbons (Fsp3) is 0.517. The number of phenolic OH excluding ortho intramolecular Hbond substituents is 1. The van der Waals surface area contributed by atoms with Gasteiger partial charge >= 0.3 is 0 Å².